The number of hydrogen-bond donors (Lipinski definition) is 1. The fraction of sp³-hybridized carbons (Fsp3) is 0.448. The Kier molecular flexibility index (Phi) is 6.36. The van der Waals surface area contributed by atoms with Crippen molar-refractivity contribution in [2.45, 2.75) is 69.4 Å². The molecule has 0 bridgehead atoms. The van der Waals surface area contributed by atoms with Crippen LogP contribution in [-0.2, 0) is 11.3 Å². The van der Waals surface area contributed by atoms with Crippen molar-refractivity contribution in [2.75, 3.05) is 13.1 Å². The number of carbonyl (C=O) groups is 2. The van der Waals surface area contributed by atoms with E-state index in [0.29, 0.717) is 42.4 Å². The van der Waals surface area contributed by atoms with Crippen molar-refractivity contribution in [3.05, 3.63) is 71.7 Å². The second-order valence-electron chi connectivity index (χ2n) is 10.6. The van der Waals surface area contributed by atoms with Crippen LogP contribution < -0.4 is 14.8 Å². The molecule has 0 spiro atoms. The summed E-state index contributed by atoms with van der Waals surface area (Å²) in [5, 5.41) is 2.78. The number of nitrogens with one attached hydrogen (secondary N) is 1. The van der Waals surface area contributed by atoms with E-state index in [2.05, 4.69) is 16.8 Å². The van der Waals surface area contributed by atoms with Gasteiger partial charge in [0, 0.05) is 43.0 Å². The van der Waals surface area contributed by atoms with Crippen molar-refractivity contribution in [3.8, 4) is 11.5 Å². The molecule has 2 aromatic carbocycles. The number of ether oxygens (including phenoxy) is 2. The summed E-state index contributed by atoms with van der Waals surface area (Å²) < 4.78 is 25.9. The highest BCUT2D eigenvalue weighted by atomic mass is 19.1. The summed E-state index contributed by atoms with van der Waals surface area (Å²) in [4.78, 5) is 29.6. The summed E-state index contributed by atoms with van der Waals surface area (Å²) in [6, 6.07) is 11.8. The van der Waals surface area contributed by atoms with Crippen LogP contribution in [0.25, 0.3) is 0 Å². The van der Waals surface area contributed by atoms with Gasteiger partial charge in [-0.05, 0) is 68.0 Å². The number of amides is 2. The number of carbonyl (C=O) groups excluding carboxylic acids is 2. The van der Waals surface area contributed by atoms with Crippen LogP contribution in [0.2, 0.25) is 0 Å². The zero-order chi connectivity index (χ0) is 25.5. The SMILES string of the molecule is C=C1CCC(N2Cc3cc(O[C@H]4CCCC[C@H]4N4CC(Oc5cccc(F)c5)C4)ccc3C2=O)C(=O)N1. The average Bonchev–Trinajstić information content (AvgIpc) is 3.17. The smallest absolute Gasteiger partial charge is 0.255 e. The Morgan fingerprint density at radius 1 is 0.973 bits per heavy atom. The van der Waals surface area contributed by atoms with Crippen LogP contribution in [0.5, 0.6) is 11.5 Å². The Bertz CT molecular complexity index is 1230. The molecule has 3 aliphatic heterocycles. The average molecular weight is 506 g/mol. The third-order valence-electron chi connectivity index (χ3n) is 8.01. The van der Waals surface area contributed by atoms with Gasteiger partial charge in [0.1, 0.15) is 35.6 Å². The van der Waals surface area contributed by atoms with Crippen LogP contribution in [0, 0.1) is 5.82 Å². The third-order valence-corrected chi connectivity index (χ3v) is 8.01. The molecule has 4 aliphatic rings. The monoisotopic (exact) mass is 505 g/mol. The molecule has 1 unspecified atom stereocenters. The maximum atomic E-state index is 13.5. The molecular weight excluding hydrogens is 473 g/mol. The van der Waals surface area contributed by atoms with Crippen molar-refractivity contribution in [1.82, 2.24) is 15.1 Å². The van der Waals surface area contributed by atoms with Crippen LogP contribution in [0.4, 0.5) is 4.39 Å². The molecule has 8 heteroatoms. The number of benzene rings is 2. The Labute approximate surface area is 216 Å². The minimum atomic E-state index is -0.466. The summed E-state index contributed by atoms with van der Waals surface area (Å²) in [6.07, 6.45) is 5.72. The Balaban J connectivity index is 1.09. The number of fused-ring (bicyclic) bond motifs is 1. The Morgan fingerprint density at radius 2 is 1.78 bits per heavy atom. The van der Waals surface area contributed by atoms with Crippen LogP contribution in [-0.4, -0.2) is 59.0 Å². The number of hydrogen-bond acceptors (Lipinski definition) is 5. The molecule has 1 aliphatic carbocycles. The number of rotatable bonds is 6. The molecule has 0 aromatic heterocycles. The molecule has 3 heterocycles. The van der Waals surface area contributed by atoms with E-state index in [0.717, 1.165) is 43.7 Å². The molecule has 2 saturated heterocycles. The van der Waals surface area contributed by atoms with Crippen LogP contribution in [0.1, 0.15) is 54.4 Å². The molecule has 6 rings (SSSR count). The van der Waals surface area contributed by atoms with Crippen molar-refractivity contribution < 1.29 is 23.5 Å². The topological polar surface area (TPSA) is 71.1 Å². The van der Waals surface area contributed by atoms with Crippen molar-refractivity contribution in [2.24, 2.45) is 0 Å². The van der Waals surface area contributed by atoms with E-state index in [1.807, 2.05) is 18.2 Å². The minimum absolute atomic E-state index is 0.0514. The van der Waals surface area contributed by atoms with E-state index in [1.54, 1.807) is 17.0 Å². The zero-order valence-corrected chi connectivity index (χ0v) is 20.8. The van der Waals surface area contributed by atoms with Gasteiger partial charge in [-0.25, -0.2) is 4.39 Å². The number of nitrogens with zero attached hydrogens (tertiary/aromatic N) is 2. The van der Waals surface area contributed by atoms with Crippen LogP contribution in [0.3, 0.4) is 0 Å². The number of halogens is 1. The first-order valence-electron chi connectivity index (χ1n) is 13.2. The first kappa shape index (κ1) is 24.0. The van der Waals surface area contributed by atoms with Crippen molar-refractivity contribution in [1.29, 1.82) is 0 Å². The summed E-state index contributed by atoms with van der Waals surface area (Å²) in [7, 11) is 0. The third kappa shape index (κ3) is 4.82. The lowest BCUT2D eigenvalue weighted by Crippen LogP contribution is -2.62. The molecule has 2 aromatic rings. The van der Waals surface area contributed by atoms with E-state index in [-0.39, 0.29) is 29.8 Å². The summed E-state index contributed by atoms with van der Waals surface area (Å²) in [6.45, 7) is 5.83. The second-order valence-corrected chi connectivity index (χ2v) is 10.6. The van der Waals surface area contributed by atoms with Gasteiger partial charge in [0.15, 0.2) is 0 Å². The van der Waals surface area contributed by atoms with E-state index in [9.17, 15) is 14.0 Å². The number of allylic oxidation sites excluding steroid dienone is 1. The predicted molar refractivity (Wildman–Crippen MR) is 136 cm³/mol. The standard InChI is InChI=1S/C29H32FN3O4/c1-18-9-12-26(28(34)31-18)33-15-19-13-22(10-11-24(19)29(33)35)37-27-8-3-2-7-25(27)32-16-23(17-32)36-21-6-4-5-20(30)14-21/h4-6,10-11,13-14,23,25-27H,1-3,7-9,12,15-17H2,(H,31,34)/t25-,26?,27+/m1/s1. The van der Waals surface area contributed by atoms with E-state index >= 15 is 0 Å². The molecule has 2 amide bonds. The summed E-state index contributed by atoms with van der Waals surface area (Å²) in [5.41, 5.74) is 2.25. The van der Waals surface area contributed by atoms with Gasteiger partial charge < -0.3 is 19.7 Å². The fourth-order valence-electron chi connectivity index (χ4n) is 6.06. The predicted octanol–water partition coefficient (Wildman–Crippen LogP) is 4.03. The second kappa shape index (κ2) is 9.82. The van der Waals surface area contributed by atoms with Gasteiger partial charge in [-0.2, -0.15) is 0 Å². The largest absolute Gasteiger partial charge is 0.489 e. The molecular formula is C29H32FN3O4. The first-order valence-corrected chi connectivity index (χ1v) is 13.2. The van der Waals surface area contributed by atoms with Gasteiger partial charge in [-0.15, -0.1) is 0 Å². The highest BCUT2D eigenvalue weighted by molar-refractivity contribution is 6.01. The van der Waals surface area contributed by atoms with E-state index in [4.69, 9.17) is 9.47 Å². The molecule has 1 N–H and O–H groups in total. The molecule has 1 saturated carbocycles. The van der Waals surface area contributed by atoms with E-state index in [1.165, 1.54) is 18.6 Å². The van der Waals surface area contributed by atoms with Crippen LogP contribution in [0.15, 0.2) is 54.7 Å². The Morgan fingerprint density at radius 3 is 2.59 bits per heavy atom. The Hall–Kier alpha value is -3.39. The maximum Gasteiger partial charge on any atom is 0.255 e. The fourth-order valence-corrected chi connectivity index (χ4v) is 6.06. The van der Waals surface area contributed by atoms with Gasteiger partial charge in [0.2, 0.25) is 5.91 Å². The lowest BCUT2D eigenvalue weighted by Gasteiger charge is -2.47. The molecule has 37 heavy (non-hydrogen) atoms. The zero-order valence-electron chi connectivity index (χ0n) is 20.8. The summed E-state index contributed by atoms with van der Waals surface area (Å²) in [5.74, 6) is 0.780. The number of likely N-dealkylation sites (tertiary alicyclic amines) is 1. The van der Waals surface area contributed by atoms with Crippen molar-refractivity contribution >= 4 is 11.8 Å². The van der Waals surface area contributed by atoms with Gasteiger partial charge in [-0.3, -0.25) is 14.5 Å². The molecule has 3 fully saturated rings. The van der Waals surface area contributed by atoms with Gasteiger partial charge in [-0.1, -0.05) is 19.1 Å². The minimum Gasteiger partial charge on any atom is -0.489 e. The molecule has 3 atom stereocenters. The molecule has 0 radical (unpaired) electrons. The highest BCUT2D eigenvalue weighted by Crippen LogP contribution is 2.34. The normalized spacial score (nSPS) is 26.5. The first-order chi connectivity index (χ1) is 17.9. The lowest BCUT2D eigenvalue weighted by atomic mass is 9.89. The van der Waals surface area contributed by atoms with Gasteiger partial charge in [0.25, 0.3) is 5.91 Å². The van der Waals surface area contributed by atoms with Crippen LogP contribution >= 0.6 is 0 Å². The quantitative estimate of drug-likeness (QED) is 0.642. The maximum absolute atomic E-state index is 13.5. The molecule has 194 valence electrons. The number of piperidine rings is 1. The summed E-state index contributed by atoms with van der Waals surface area (Å²) >= 11 is 0. The van der Waals surface area contributed by atoms with Crippen molar-refractivity contribution in [3.63, 3.8) is 0 Å². The van der Waals surface area contributed by atoms with E-state index < -0.39 is 6.04 Å². The molecule has 7 nitrogen and oxygen atoms in total. The highest BCUT2D eigenvalue weighted by Gasteiger charge is 2.41. The van der Waals surface area contributed by atoms with Gasteiger partial charge >= 0.3 is 0 Å². The van der Waals surface area contributed by atoms with Gasteiger partial charge in [0.05, 0.1) is 0 Å². The lowest BCUT2D eigenvalue weighted by molar-refractivity contribution is -0.126.